The summed E-state index contributed by atoms with van der Waals surface area (Å²) in [5.41, 5.74) is -0.160. The van der Waals surface area contributed by atoms with Crippen molar-refractivity contribution in [1.29, 1.82) is 0 Å². The molecule has 2 nitrogen and oxygen atoms in total. The molecule has 0 spiro atoms. The first kappa shape index (κ1) is 9.80. The number of benzene rings is 1. The molecule has 0 saturated heterocycles. The van der Waals surface area contributed by atoms with E-state index in [4.69, 9.17) is 5.11 Å². The largest absolute Gasteiger partial charge is 0.385 e. The maximum absolute atomic E-state index is 12.6. The Labute approximate surface area is 73.8 Å². The number of ketones is 1. The summed E-state index contributed by atoms with van der Waals surface area (Å²) in [6, 6.07) is 2.44. The number of hydrogen-bond donors (Lipinski definition) is 1. The molecule has 0 bridgehead atoms. The summed E-state index contributed by atoms with van der Waals surface area (Å²) in [5, 5.41) is 8.86. The first-order valence-electron chi connectivity index (χ1n) is 3.69. The van der Waals surface area contributed by atoms with Crippen molar-refractivity contribution in [3.63, 3.8) is 0 Å². The Kier molecular flexibility index (Phi) is 2.72. The first-order chi connectivity index (χ1) is 6.00. The van der Waals surface area contributed by atoms with Crippen LogP contribution in [-0.4, -0.2) is 17.0 Å². The van der Waals surface area contributed by atoms with Crippen molar-refractivity contribution in [3.8, 4) is 0 Å². The number of carbonyl (C=O) groups excluding carboxylic acids is 1. The topological polar surface area (TPSA) is 37.3 Å². The summed E-state index contributed by atoms with van der Waals surface area (Å²) in [6.45, 7) is 1.24. The average Bonchev–Trinajstić information content (AvgIpc) is 2.01. The lowest BCUT2D eigenvalue weighted by Gasteiger charge is -2.03. The van der Waals surface area contributed by atoms with Crippen LogP contribution in [0.15, 0.2) is 18.2 Å². The Bertz CT molecular complexity index is 314. The fourth-order valence-corrected chi connectivity index (χ4v) is 0.937. The monoisotopic (exact) mass is 186 g/mol. The van der Waals surface area contributed by atoms with Gasteiger partial charge in [-0.3, -0.25) is 4.79 Å². The Morgan fingerprint density at radius 3 is 2.15 bits per heavy atom. The van der Waals surface area contributed by atoms with E-state index in [1.54, 1.807) is 0 Å². The molecule has 0 radical (unpaired) electrons. The second-order valence-corrected chi connectivity index (χ2v) is 2.70. The normalized spacial score (nSPS) is 12.6. The highest BCUT2D eigenvalue weighted by Gasteiger charge is 2.13. The van der Waals surface area contributed by atoms with Crippen molar-refractivity contribution < 1.29 is 18.7 Å². The second kappa shape index (κ2) is 3.62. The fourth-order valence-electron chi connectivity index (χ4n) is 0.937. The molecule has 0 aromatic heterocycles. The Morgan fingerprint density at radius 1 is 1.31 bits per heavy atom. The SMILES string of the molecule is C[C@@H](O)C(=O)c1cc(F)cc(F)c1. The van der Waals surface area contributed by atoms with E-state index in [1.807, 2.05) is 0 Å². The zero-order valence-corrected chi connectivity index (χ0v) is 6.92. The molecule has 1 aromatic rings. The molecule has 0 aliphatic rings. The lowest BCUT2D eigenvalue weighted by molar-refractivity contribution is 0.0778. The molecule has 4 heteroatoms. The average molecular weight is 186 g/mol. The Morgan fingerprint density at radius 2 is 1.77 bits per heavy atom. The molecular formula is C9H8F2O2. The molecule has 0 amide bonds. The highest BCUT2D eigenvalue weighted by molar-refractivity contribution is 5.99. The zero-order valence-electron chi connectivity index (χ0n) is 6.92. The molecule has 0 heterocycles. The zero-order chi connectivity index (χ0) is 10.0. The first-order valence-corrected chi connectivity index (χ1v) is 3.69. The van der Waals surface area contributed by atoms with Crippen LogP contribution >= 0.6 is 0 Å². The Balaban J connectivity index is 3.08. The van der Waals surface area contributed by atoms with Gasteiger partial charge in [0, 0.05) is 11.6 Å². The maximum Gasteiger partial charge on any atom is 0.191 e. The third-order valence-corrected chi connectivity index (χ3v) is 1.53. The molecule has 1 rings (SSSR count). The number of halogens is 2. The molecule has 0 fully saturated rings. The van der Waals surface area contributed by atoms with Gasteiger partial charge in [0.15, 0.2) is 5.78 Å². The fraction of sp³-hybridized carbons (Fsp3) is 0.222. The predicted molar refractivity (Wildman–Crippen MR) is 42.4 cm³/mol. The minimum absolute atomic E-state index is 0.160. The number of aliphatic hydroxyl groups is 1. The van der Waals surface area contributed by atoms with E-state index in [0.29, 0.717) is 6.07 Å². The van der Waals surface area contributed by atoms with Crippen LogP contribution in [0.2, 0.25) is 0 Å². The van der Waals surface area contributed by atoms with Crippen LogP contribution in [0.25, 0.3) is 0 Å². The summed E-state index contributed by atoms with van der Waals surface area (Å²) >= 11 is 0. The van der Waals surface area contributed by atoms with Crippen LogP contribution in [0.3, 0.4) is 0 Å². The highest BCUT2D eigenvalue weighted by Crippen LogP contribution is 2.09. The number of rotatable bonds is 2. The van der Waals surface area contributed by atoms with Crippen molar-refractivity contribution in [3.05, 3.63) is 35.4 Å². The van der Waals surface area contributed by atoms with Gasteiger partial charge in [-0.05, 0) is 19.1 Å². The van der Waals surface area contributed by atoms with Gasteiger partial charge in [-0.15, -0.1) is 0 Å². The van der Waals surface area contributed by atoms with Crippen molar-refractivity contribution in [2.45, 2.75) is 13.0 Å². The van der Waals surface area contributed by atoms with E-state index in [-0.39, 0.29) is 5.56 Å². The van der Waals surface area contributed by atoms with Gasteiger partial charge in [-0.1, -0.05) is 0 Å². The Hall–Kier alpha value is -1.29. The maximum atomic E-state index is 12.6. The smallest absolute Gasteiger partial charge is 0.191 e. The van der Waals surface area contributed by atoms with Crippen molar-refractivity contribution in [1.82, 2.24) is 0 Å². The van der Waals surface area contributed by atoms with Crippen molar-refractivity contribution in [2.75, 3.05) is 0 Å². The van der Waals surface area contributed by atoms with Crippen LogP contribution in [0, 0.1) is 11.6 Å². The number of aliphatic hydroxyl groups excluding tert-OH is 1. The van der Waals surface area contributed by atoms with Crippen LogP contribution in [-0.2, 0) is 0 Å². The second-order valence-electron chi connectivity index (χ2n) is 2.70. The van der Waals surface area contributed by atoms with Gasteiger partial charge in [0.25, 0.3) is 0 Å². The van der Waals surface area contributed by atoms with E-state index in [2.05, 4.69) is 0 Å². The number of hydrogen-bond acceptors (Lipinski definition) is 2. The van der Waals surface area contributed by atoms with Gasteiger partial charge in [-0.25, -0.2) is 8.78 Å². The van der Waals surface area contributed by atoms with Crippen molar-refractivity contribution in [2.24, 2.45) is 0 Å². The van der Waals surface area contributed by atoms with Gasteiger partial charge in [0.2, 0.25) is 0 Å². The quantitative estimate of drug-likeness (QED) is 0.711. The molecule has 0 aliphatic heterocycles. The van der Waals surface area contributed by atoms with Gasteiger partial charge in [0.1, 0.15) is 17.7 Å². The standard InChI is InChI=1S/C9H8F2O2/c1-5(12)9(13)6-2-7(10)4-8(11)3-6/h2-5,12H,1H3/t5-/m1/s1. The number of carbonyl (C=O) groups is 1. The van der Waals surface area contributed by atoms with E-state index >= 15 is 0 Å². The summed E-state index contributed by atoms with van der Waals surface area (Å²) in [6.07, 6.45) is -1.25. The van der Waals surface area contributed by atoms with E-state index in [0.717, 1.165) is 12.1 Å². The third kappa shape index (κ3) is 2.32. The molecule has 70 valence electrons. The summed E-state index contributed by atoms with van der Waals surface area (Å²) in [4.78, 5) is 11.1. The van der Waals surface area contributed by atoms with Gasteiger partial charge in [0.05, 0.1) is 0 Å². The summed E-state index contributed by atoms with van der Waals surface area (Å²) in [5.74, 6) is -2.36. The van der Waals surface area contributed by atoms with Gasteiger partial charge < -0.3 is 5.11 Å². The molecule has 1 aromatic carbocycles. The third-order valence-electron chi connectivity index (χ3n) is 1.53. The highest BCUT2D eigenvalue weighted by atomic mass is 19.1. The molecule has 1 N–H and O–H groups in total. The van der Waals surface area contributed by atoms with E-state index in [9.17, 15) is 13.6 Å². The molecule has 13 heavy (non-hydrogen) atoms. The molecule has 1 atom stereocenters. The van der Waals surface area contributed by atoms with Crippen molar-refractivity contribution >= 4 is 5.78 Å². The molecule has 0 saturated carbocycles. The van der Waals surface area contributed by atoms with E-state index < -0.39 is 23.5 Å². The van der Waals surface area contributed by atoms with Crippen LogP contribution in [0.5, 0.6) is 0 Å². The van der Waals surface area contributed by atoms with E-state index in [1.165, 1.54) is 6.92 Å². The minimum atomic E-state index is -1.25. The lowest BCUT2D eigenvalue weighted by Crippen LogP contribution is -2.16. The summed E-state index contributed by atoms with van der Waals surface area (Å²) in [7, 11) is 0. The minimum Gasteiger partial charge on any atom is -0.385 e. The molecular weight excluding hydrogens is 178 g/mol. The van der Waals surface area contributed by atoms with Crippen LogP contribution in [0.4, 0.5) is 8.78 Å². The molecule has 0 unspecified atom stereocenters. The van der Waals surface area contributed by atoms with Gasteiger partial charge >= 0.3 is 0 Å². The van der Waals surface area contributed by atoms with Gasteiger partial charge in [-0.2, -0.15) is 0 Å². The predicted octanol–water partition coefficient (Wildman–Crippen LogP) is 1.53. The van der Waals surface area contributed by atoms with Crippen LogP contribution in [0.1, 0.15) is 17.3 Å². The number of Topliss-reactive ketones (excluding diaryl/α,β-unsaturated/α-hetero) is 1. The van der Waals surface area contributed by atoms with Crippen LogP contribution < -0.4 is 0 Å². The molecule has 0 aliphatic carbocycles. The lowest BCUT2D eigenvalue weighted by atomic mass is 10.1. The summed E-state index contributed by atoms with van der Waals surface area (Å²) < 4.78 is 25.2.